The molecule has 228 valence electrons. The third-order valence-electron chi connectivity index (χ3n) is 8.68. The van der Waals surface area contributed by atoms with E-state index in [0.717, 1.165) is 39.6 Å². The van der Waals surface area contributed by atoms with E-state index in [1.54, 1.807) is 0 Å². The van der Waals surface area contributed by atoms with Crippen molar-refractivity contribution in [2.45, 2.75) is 0 Å². The van der Waals surface area contributed by atoms with Gasteiger partial charge in [0, 0.05) is 17.1 Å². The van der Waals surface area contributed by atoms with E-state index in [1.807, 2.05) is 41.6 Å². The van der Waals surface area contributed by atoms with Crippen molar-refractivity contribution in [2.24, 2.45) is 5.10 Å². The van der Waals surface area contributed by atoms with Gasteiger partial charge in [0.15, 0.2) is 0 Å². The van der Waals surface area contributed by atoms with E-state index >= 15 is 0 Å². The van der Waals surface area contributed by atoms with E-state index in [9.17, 15) is 0 Å². The summed E-state index contributed by atoms with van der Waals surface area (Å²) in [7, 11) is 0. The van der Waals surface area contributed by atoms with Gasteiger partial charge in [-0.05, 0) is 106 Å². The summed E-state index contributed by atoms with van der Waals surface area (Å²) < 4.78 is 0. The van der Waals surface area contributed by atoms with Crippen molar-refractivity contribution in [2.75, 3.05) is 9.91 Å². The predicted molar refractivity (Wildman–Crippen MR) is 203 cm³/mol. The Hall–Kier alpha value is -6.45. The first-order valence-corrected chi connectivity index (χ1v) is 16.2. The van der Waals surface area contributed by atoms with Crippen molar-refractivity contribution in [1.29, 1.82) is 0 Å². The van der Waals surface area contributed by atoms with Crippen LogP contribution >= 0.6 is 0 Å². The lowest BCUT2D eigenvalue weighted by molar-refractivity contribution is 1.09. The number of anilines is 5. The minimum absolute atomic E-state index is 0.989. The van der Waals surface area contributed by atoms with Crippen LogP contribution in [0.3, 0.4) is 0 Å². The second-order valence-electron chi connectivity index (χ2n) is 11.7. The van der Waals surface area contributed by atoms with E-state index in [1.165, 1.54) is 27.8 Å². The molecule has 0 saturated carbocycles. The molecule has 0 radical (unpaired) electrons. The molecule has 0 bridgehead atoms. The SMILES string of the molecule is C(=NN(c1ccccc1)c1ccc(C=C2c3ccccc3-c3ccccc32)cc1)c1ccc(N(c2ccccc2)c2ccccc2)cc1. The first-order chi connectivity index (χ1) is 23.8. The number of para-hydroxylation sites is 3. The average molecular weight is 616 g/mol. The van der Waals surface area contributed by atoms with E-state index in [2.05, 4.69) is 169 Å². The van der Waals surface area contributed by atoms with Gasteiger partial charge in [-0.3, -0.25) is 0 Å². The fourth-order valence-electron chi connectivity index (χ4n) is 6.37. The van der Waals surface area contributed by atoms with Gasteiger partial charge in [-0.15, -0.1) is 0 Å². The third-order valence-corrected chi connectivity index (χ3v) is 8.68. The lowest BCUT2D eigenvalue weighted by atomic mass is 10.0. The van der Waals surface area contributed by atoms with E-state index in [-0.39, 0.29) is 0 Å². The molecule has 8 rings (SSSR count). The van der Waals surface area contributed by atoms with E-state index in [0.29, 0.717) is 0 Å². The van der Waals surface area contributed by atoms with Crippen LogP contribution in [0.1, 0.15) is 22.3 Å². The van der Waals surface area contributed by atoms with E-state index in [4.69, 9.17) is 5.10 Å². The van der Waals surface area contributed by atoms with Crippen molar-refractivity contribution >= 4 is 46.3 Å². The quantitative estimate of drug-likeness (QED) is 0.125. The van der Waals surface area contributed by atoms with Gasteiger partial charge in [0.25, 0.3) is 0 Å². The van der Waals surface area contributed by atoms with Crippen molar-refractivity contribution in [1.82, 2.24) is 0 Å². The van der Waals surface area contributed by atoms with Gasteiger partial charge in [0.05, 0.1) is 17.6 Å². The molecule has 0 unspecified atom stereocenters. The molecular formula is C45H33N3. The zero-order valence-electron chi connectivity index (χ0n) is 26.4. The number of fused-ring (bicyclic) bond motifs is 3. The number of nitrogens with zero attached hydrogens (tertiary/aromatic N) is 3. The van der Waals surface area contributed by atoms with Crippen LogP contribution in [-0.4, -0.2) is 6.21 Å². The lowest BCUT2D eigenvalue weighted by Crippen LogP contribution is -2.10. The molecule has 0 spiro atoms. The number of rotatable bonds is 8. The molecule has 0 heterocycles. The second kappa shape index (κ2) is 13.1. The van der Waals surface area contributed by atoms with Crippen LogP contribution in [-0.2, 0) is 0 Å². The molecule has 1 aliphatic carbocycles. The molecular weight excluding hydrogens is 583 g/mol. The average Bonchev–Trinajstić information content (AvgIpc) is 3.47. The van der Waals surface area contributed by atoms with Crippen molar-refractivity contribution in [3.8, 4) is 11.1 Å². The minimum atomic E-state index is 0.989. The summed E-state index contributed by atoms with van der Waals surface area (Å²) in [5, 5.41) is 6.99. The lowest BCUT2D eigenvalue weighted by Gasteiger charge is -2.25. The smallest absolute Gasteiger partial charge is 0.0653 e. The zero-order chi connectivity index (χ0) is 32.1. The van der Waals surface area contributed by atoms with Crippen LogP contribution in [0, 0.1) is 0 Å². The van der Waals surface area contributed by atoms with Crippen LogP contribution in [0.25, 0.3) is 22.8 Å². The van der Waals surface area contributed by atoms with Crippen molar-refractivity contribution in [3.63, 3.8) is 0 Å². The van der Waals surface area contributed by atoms with Gasteiger partial charge in [-0.2, -0.15) is 5.10 Å². The molecule has 0 N–H and O–H groups in total. The summed E-state index contributed by atoms with van der Waals surface area (Å²) in [6.07, 6.45) is 4.22. The number of hydrazone groups is 1. The molecule has 1 aliphatic rings. The fraction of sp³-hybridized carbons (Fsp3) is 0. The molecule has 7 aromatic rings. The van der Waals surface area contributed by atoms with Gasteiger partial charge >= 0.3 is 0 Å². The summed E-state index contributed by atoms with van der Waals surface area (Å²) >= 11 is 0. The summed E-state index contributed by atoms with van der Waals surface area (Å²) in [5.41, 5.74) is 13.9. The Morgan fingerprint density at radius 2 is 0.708 bits per heavy atom. The number of hydrogen-bond acceptors (Lipinski definition) is 3. The second-order valence-corrected chi connectivity index (χ2v) is 11.7. The van der Waals surface area contributed by atoms with Crippen LogP contribution in [0.4, 0.5) is 28.4 Å². The Morgan fingerprint density at radius 3 is 1.23 bits per heavy atom. The first kappa shape index (κ1) is 29.0. The molecule has 48 heavy (non-hydrogen) atoms. The zero-order valence-corrected chi connectivity index (χ0v) is 26.4. The minimum Gasteiger partial charge on any atom is -0.311 e. The van der Waals surface area contributed by atoms with Crippen LogP contribution in [0.2, 0.25) is 0 Å². The van der Waals surface area contributed by atoms with Gasteiger partial charge in [0.1, 0.15) is 0 Å². The van der Waals surface area contributed by atoms with Gasteiger partial charge in [-0.1, -0.05) is 127 Å². The Bertz CT molecular complexity index is 2120. The molecule has 3 nitrogen and oxygen atoms in total. The largest absolute Gasteiger partial charge is 0.311 e. The Labute approximate surface area is 282 Å². The molecule has 3 heteroatoms. The Morgan fingerprint density at radius 1 is 0.333 bits per heavy atom. The highest BCUT2D eigenvalue weighted by molar-refractivity contribution is 6.06. The fourth-order valence-corrected chi connectivity index (χ4v) is 6.37. The highest BCUT2D eigenvalue weighted by Gasteiger charge is 2.22. The van der Waals surface area contributed by atoms with Crippen molar-refractivity contribution < 1.29 is 0 Å². The molecule has 0 atom stereocenters. The Balaban J connectivity index is 1.08. The maximum atomic E-state index is 5.00. The summed E-state index contributed by atoms with van der Waals surface area (Å²) in [6, 6.07) is 65.7. The molecule has 0 amide bonds. The summed E-state index contributed by atoms with van der Waals surface area (Å²) in [5.74, 6) is 0. The van der Waals surface area contributed by atoms with Gasteiger partial charge < -0.3 is 4.90 Å². The maximum absolute atomic E-state index is 5.00. The molecule has 0 aliphatic heterocycles. The molecule has 7 aromatic carbocycles. The van der Waals surface area contributed by atoms with Crippen LogP contribution < -0.4 is 9.91 Å². The topological polar surface area (TPSA) is 18.8 Å². The first-order valence-electron chi connectivity index (χ1n) is 16.2. The predicted octanol–water partition coefficient (Wildman–Crippen LogP) is 11.9. The van der Waals surface area contributed by atoms with Crippen LogP contribution in [0.5, 0.6) is 0 Å². The van der Waals surface area contributed by atoms with Gasteiger partial charge in [-0.25, -0.2) is 5.01 Å². The number of hydrogen-bond donors (Lipinski definition) is 0. The highest BCUT2D eigenvalue weighted by Crippen LogP contribution is 2.44. The summed E-state index contributed by atoms with van der Waals surface area (Å²) in [6.45, 7) is 0. The maximum Gasteiger partial charge on any atom is 0.0653 e. The molecule has 0 aromatic heterocycles. The van der Waals surface area contributed by atoms with Crippen LogP contribution in [0.15, 0.2) is 193 Å². The van der Waals surface area contributed by atoms with Crippen molar-refractivity contribution in [3.05, 3.63) is 210 Å². The number of benzene rings is 7. The monoisotopic (exact) mass is 615 g/mol. The summed E-state index contributed by atoms with van der Waals surface area (Å²) in [4.78, 5) is 2.26. The Kier molecular flexibility index (Phi) is 7.92. The molecule has 0 fully saturated rings. The highest BCUT2D eigenvalue weighted by atomic mass is 15.5. The molecule has 0 saturated heterocycles. The standard InChI is InChI=1S/C45H33N3/c1-4-14-36(15-5-1)47(37-16-6-2-7-17-37)38-28-26-35(27-29-38)33-46-48(39-18-8-3-9-19-39)40-30-24-34(25-31-40)32-45-43-22-12-10-20-41(43)42-21-11-13-23-44(42)45/h1-33H. The third kappa shape index (κ3) is 5.81. The van der Waals surface area contributed by atoms with E-state index < -0.39 is 0 Å². The van der Waals surface area contributed by atoms with Gasteiger partial charge in [0.2, 0.25) is 0 Å². The normalized spacial score (nSPS) is 11.6.